The number of hydrogen-bond acceptors (Lipinski definition) is 3. The predicted octanol–water partition coefficient (Wildman–Crippen LogP) is 4.54. The molecule has 4 heteroatoms. The van der Waals surface area contributed by atoms with Gasteiger partial charge in [-0.05, 0) is 35.9 Å². The molecule has 0 atom stereocenters. The Hall–Kier alpha value is -3.66. The third-order valence-electron chi connectivity index (χ3n) is 3.93. The number of methoxy groups -OCH3 is 1. The Morgan fingerprint density at radius 1 is 0.852 bits per heavy atom. The monoisotopic (exact) mass is 356 g/mol. The van der Waals surface area contributed by atoms with Crippen molar-refractivity contribution in [2.75, 3.05) is 7.11 Å². The minimum Gasteiger partial charge on any atom is -0.497 e. The number of amides is 1. The molecular formula is C23H20N2O2. The van der Waals surface area contributed by atoms with Gasteiger partial charge in [0.05, 0.1) is 12.8 Å². The van der Waals surface area contributed by atoms with E-state index in [2.05, 4.69) is 10.5 Å². The molecule has 3 aromatic carbocycles. The second kappa shape index (κ2) is 9.15. The number of carbonyl (C=O) groups is 1. The first-order chi connectivity index (χ1) is 13.3. The van der Waals surface area contributed by atoms with Crippen LogP contribution in [0.1, 0.15) is 21.5 Å². The molecule has 0 spiro atoms. The van der Waals surface area contributed by atoms with Gasteiger partial charge in [0, 0.05) is 11.1 Å². The fourth-order valence-electron chi connectivity index (χ4n) is 2.46. The molecule has 0 aliphatic carbocycles. The van der Waals surface area contributed by atoms with Gasteiger partial charge in [0.15, 0.2) is 0 Å². The number of rotatable bonds is 6. The fraction of sp³-hybridized carbons (Fsp3) is 0.0435. The van der Waals surface area contributed by atoms with Gasteiger partial charge < -0.3 is 4.74 Å². The quantitative estimate of drug-likeness (QED) is 0.521. The minimum atomic E-state index is -0.279. The second-order valence-electron chi connectivity index (χ2n) is 5.78. The van der Waals surface area contributed by atoms with Gasteiger partial charge in [0.1, 0.15) is 5.75 Å². The molecule has 27 heavy (non-hydrogen) atoms. The number of ether oxygens (including phenoxy) is 1. The van der Waals surface area contributed by atoms with Crippen LogP contribution >= 0.6 is 0 Å². The Morgan fingerprint density at radius 2 is 1.48 bits per heavy atom. The van der Waals surface area contributed by atoms with Crippen molar-refractivity contribution in [3.63, 3.8) is 0 Å². The Balaban J connectivity index is 1.81. The molecule has 1 amide bonds. The van der Waals surface area contributed by atoms with E-state index in [0.29, 0.717) is 17.0 Å². The highest BCUT2D eigenvalue weighted by molar-refractivity contribution is 6.11. The zero-order valence-electron chi connectivity index (χ0n) is 15.0. The minimum absolute atomic E-state index is 0.279. The Morgan fingerprint density at radius 3 is 2.11 bits per heavy atom. The van der Waals surface area contributed by atoms with Crippen LogP contribution in [0.4, 0.5) is 0 Å². The highest BCUT2D eigenvalue weighted by Gasteiger charge is 2.06. The Bertz CT molecular complexity index is 931. The zero-order chi connectivity index (χ0) is 18.9. The van der Waals surface area contributed by atoms with Crippen molar-refractivity contribution < 1.29 is 9.53 Å². The van der Waals surface area contributed by atoms with Gasteiger partial charge in [0.2, 0.25) is 0 Å². The van der Waals surface area contributed by atoms with E-state index in [9.17, 15) is 4.79 Å². The van der Waals surface area contributed by atoms with E-state index in [-0.39, 0.29) is 5.91 Å². The molecule has 3 aromatic rings. The van der Waals surface area contributed by atoms with Crippen LogP contribution in [0.15, 0.2) is 96.1 Å². The van der Waals surface area contributed by atoms with E-state index in [0.717, 1.165) is 11.1 Å². The summed E-state index contributed by atoms with van der Waals surface area (Å²) in [4.78, 5) is 12.4. The Kier molecular flexibility index (Phi) is 6.15. The van der Waals surface area contributed by atoms with Crippen molar-refractivity contribution >= 4 is 17.7 Å². The molecule has 4 nitrogen and oxygen atoms in total. The molecule has 0 aliphatic rings. The second-order valence-corrected chi connectivity index (χ2v) is 5.78. The molecule has 0 saturated heterocycles. The number of hydrogen-bond donors (Lipinski definition) is 1. The highest BCUT2D eigenvalue weighted by atomic mass is 16.5. The summed E-state index contributed by atoms with van der Waals surface area (Å²) in [5, 5.41) is 4.33. The lowest BCUT2D eigenvalue weighted by Gasteiger charge is -2.05. The van der Waals surface area contributed by atoms with Crippen molar-refractivity contribution in [1.29, 1.82) is 0 Å². The van der Waals surface area contributed by atoms with Crippen molar-refractivity contribution in [2.24, 2.45) is 5.10 Å². The maximum Gasteiger partial charge on any atom is 0.271 e. The van der Waals surface area contributed by atoms with Crippen molar-refractivity contribution in [1.82, 2.24) is 5.43 Å². The predicted molar refractivity (Wildman–Crippen MR) is 109 cm³/mol. The molecule has 0 fully saturated rings. The van der Waals surface area contributed by atoms with Crippen molar-refractivity contribution in [3.8, 4) is 5.75 Å². The smallest absolute Gasteiger partial charge is 0.271 e. The number of allylic oxidation sites excluding steroid dienone is 1. The standard InChI is InChI=1S/C23H20N2O2/c1-27-21-15-13-20(14-16-21)23(26)25-24-22(19-10-6-3-7-11-19)17-12-18-8-4-2-5-9-18/h2-17H,1H3,(H,25,26)/b17-12-,24-22?. The van der Waals surface area contributed by atoms with E-state index in [1.807, 2.05) is 72.8 Å². The van der Waals surface area contributed by atoms with E-state index < -0.39 is 0 Å². The largest absolute Gasteiger partial charge is 0.497 e. The summed E-state index contributed by atoms with van der Waals surface area (Å²) >= 11 is 0. The van der Waals surface area contributed by atoms with Crippen LogP contribution in [0.5, 0.6) is 5.75 Å². The van der Waals surface area contributed by atoms with Crippen LogP contribution in [0.2, 0.25) is 0 Å². The van der Waals surface area contributed by atoms with Crippen molar-refractivity contribution in [3.05, 3.63) is 108 Å². The topological polar surface area (TPSA) is 50.7 Å². The number of carbonyl (C=O) groups excluding carboxylic acids is 1. The van der Waals surface area contributed by atoms with Crippen LogP contribution in [-0.2, 0) is 0 Å². The lowest BCUT2D eigenvalue weighted by molar-refractivity contribution is 0.0955. The van der Waals surface area contributed by atoms with E-state index in [4.69, 9.17) is 4.74 Å². The van der Waals surface area contributed by atoms with Crippen LogP contribution in [0, 0.1) is 0 Å². The normalized spacial score (nSPS) is 11.4. The summed E-state index contributed by atoms with van der Waals surface area (Å²) in [6.07, 6.45) is 3.85. The first kappa shape index (κ1) is 18.1. The molecule has 134 valence electrons. The van der Waals surface area contributed by atoms with E-state index >= 15 is 0 Å². The molecule has 0 heterocycles. The van der Waals surface area contributed by atoms with Gasteiger partial charge in [-0.2, -0.15) is 5.10 Å². The fourth-order valence-corrected chi connectivity index (χ4v) is 2.46. The number of benzene rings is 3. The highest BCUT2D eigenvalue weighted by Crippen LogP contribution is 2.11. The van der Waals surface area contributed by atoms with E-state index in [1.54, 1.807) is 31.4 Å². The molecule has 3 rings (SSSR count). The third-order valence-corrected chi connectivity index (χ3v) is 3.93. The summed E-state index contributed by atoms with van der Waals surface area (Å²) in [6.45, 7) is 0. The summed E-state index contributed by atoms with van der Waals surface area (Å²) in [6, 6.07) is 26.5. The maximum absolute atomic E-state index is 12.4. The average Bonchev–Trinajstić information content (AvgIpc) is 2.75. The number of nitrogens with one attached hydrogen (secondary N) is 1. The molecular weight excluding hydrogens is 336 g/mol. The van der Waals surface area contributed by atoms with Gasteiger partial charge in [0.25, 0.3) is 5.91 Å². The summed E-state index contributed by atoms with van der Waals surface area (Å²) in [7, 11) is 1.59. The van der Waals surface area contributed by atoms with Gasteiger partial charge >= 0.3 is 0 Å². The molecule has 0 radical (unpaired) electrons. The maximum atomic E-state index is 12.4. The summed E-state index contributed by atoms with van der Waals surface area (Å²) < 4.78 is 5.11. The molecule has 0 bridgehead atoms. The van der Waals surface area contributed by atoms with Gasteiger partial charge in [-0.3, -0.25) is 4.79 Å². The first-order valence-electron chi connectivity index (χ1n) is 8.57. The lowest BCUT2D eigenvalue weighted by atomic mass is 10.1. The Labute approximate surface area is 158 Å². The first-order valence-corrected chi connectivity index (χ1v) is 8.57. The SMILES string of the molecule is COc1ccc(C(=O)NN=C(/C=C\c2ccccc2)c2ccccc2)cc1. The van der Waals surface area contributed by atoms with E-state index in [1.165, 1.54) is 0 Å². The van der Waals surface area contributed by atoms with Crippen LogP contribution in [0.3, 0.4) is 0 Å². The van der Waals surface area contributed by atoms with Crippen LogP contribution < -0.4 is 10.2 Å². The number of nitrogens with zero attached hydrogens (tertiary/aromatic N) is 1. The summed E-state index contributed by atoms with van der Waals surface area (Å²) in [5.74, 6) is 0.421. The van der Waals surface area contributed by atoms with Gasteiger partial charge in [-0.25, -0.2) is 5.43 Å². The zero-order valence-corrected chi connectivity index (χ0v) is 15.0. The molecule has 0 aromatic heterocycles. The lowest BCUT2D eigenvalue weighted by Crippen LogP contribution is -2.19. The number of hydrazone groups is 1. The molecule has 0 aliphatic heterocycles. The van der Waals surface area contributed by atoms with Crippen molar-refractivity contribution in [2.45, 2.75) is 0 Å². The average molecular weight is 356 g/mol. The van der Waals surface area contributed by atoms with Crippen LogP contribution in [-0.4, -0.2) is 18.7 Å². The summed E-state index contributed by atoms with van der Waals surface area (Å²) in [5.41, 5.74) is 5.78. The third kappa shape index (κ3) is 5.16. The van der Waals surface area contributed by atoms with Gasteiger partial charge in [-0.15, -0.1) is 0 Å². The van der Waals surface area contributed by atoms with Gasteiger partial charge in [-0.1, -0.05) is 66.7 Å². The molecule has 0 unspecified atom stereocenters. The molecule has 1 N–H and O–H groups in total. The van der Waals surface area contributed by atoms with Crippen LogP contribution in [0.25, 0.3) is 6.08 Å². The molecule has 0 saturated carbocycles.